The molecule has 6 heteroatoms. The Morgan fingerprint density at radius 2 is 2.06 bits per heavy atom. The number of hydrogen-bond donors (Lipinski definition) is 1. The van der Waals surface area contributed by atoms with Gasteiger partial charge in [-0.2, -0.15) is 0 Å². The molecule has 17 heavy (non-hydrogen) atoms. The van der Waals surface area contributed by atoms with Crippen LogP contribution in [0.1, 0.15) is 12.8 Å². The van der Waals surface area contributed by atoms with Gasteiger partial charge in [-0.3, -0.25) is 0 Å². The number of aliphatic carboxylic acids is 1. The molecule has 0 aliphatic carbocycles. The lowest BCUT2D eigenvalue weighted by Gasteiger charge is -2.37. The highest BCUT2D eigenvalue weighted by atomic mass is 16.6. The van der Waals surface area contributed by atoms with E-state index in [2.05, 4.69) is 6.58 Å². The molecule has 0 aromatic heterocycles. The number of carboxylic acid groups (broad SMARTS) is 1. The van der Waals surface area contributed by atoms with E-state index in [1.54, 1.807) is 0 Å². The molecular formula is C11H17NO5. The molecule has 1 N–H and O–H groups in total. The maximum absolute atomic E-state index is 11.5. The molecule has 1 heterocycles. The Morgan fingerprint density at radius 1 is 1.47 bits per heavy atom. The maximum atomic E-state index is 11.5. The average Bonchev–Trinajstić information content (AvgIpc) is 2.35. The third-order valence-electron chi connectivity index (χ3n) is 2.93. The fourth-order valence-corrected chi connectivity index (χ4v) is 1.78. The van der Waals surface area contributed by atoms with Gasteiger partial charge in [-0.1, -0.05) is 12.7 Å². The molecule has 1 saturated heterocycles. The van der Waals surface area contributed by atoms with E-state index in [4.69, 9.17) is 14.6 Å². The highest BCUT2D eigenvalue weighted by molar-refractivity contribution is 5.78. The minimum absolute atomic E-state index is 0.156. The van der Waals surface area contributed by atoms with E-state index in [-0.39, 0.29) is 19.4 Å². The van der Waals surface area contributed by atoms with Crippen molar-refractivity contribution in [1.29, 1.82) is 0 Å². The van der Waals surface area contributed by atoms with Crippen LogP contribution in [0.2, 0.25) is 0 Å². The van der Waals surface area contributed by atoms with Gasteiger partial charge in [0.1, 0.15) is 6.61 Å². The second-order valence-corrected chi connectivity index (χ2v) is 3.86. The SMILES string of the molecule is C=CCOC(=O)N1CCC(OC)(C(=O)O)CC1. The van der Waals surface area contributed by atoms with Gasteiger partial charge in [0.15, 0.2) is 5.60 Å². The van der Waals surface area contributed by atoms with E-state index < -0.39 is 17.7 Å². The van der Waals surface area contributed by atoms with Crippen molar-refractivity contribution < 1.29 is 24.2 Å². The molecule has 0 bridgehead atoms. The van der Waals surface area contributed by atoms with Crippen LogP contribution in [0, 0.1) is 0 Å². The molecular weight excluding hydrogens is 226 g/mol. The first-order valence-electron chi connectivity index (χ1n) is 5.37. The zero-order valence-corrected chi connectivity index (χ0v) is 9.85. The van der Waals surface area contributed by atoms with Gasteiger partial charge in [0.2, 0.25) is 0 Å². The smallest absolute Gasteiger partial charge is 0.410 e. The summed E-state index contributed by atoms with van der Waals surface area (Å²) in [7, 11) is 1.37. The largest absolute Gasteiger partial charge is 0.479 e. The number of methoxy groups -OCH3 is 1. The van der Waals surface area contributed by atoms with Crippen LogP contribution in [-0.2, 0) is 14.3 Å². The third-order valence-corrected chi connectivity index (χ3v) is 2.93. The average molecular weight is 243 g/mol. The van der Waals surface area contributed by atoms with Crippen LogP contribution in [0.5, 0.6) is 0 Å². The summed E-state index contributed by atoms with van der Waals surface area (Å²) in [6, 6.07) is 0. The lowest BCUT2D eigenvalue weighted by Crippen LogP contribution is -2.52. The van der Waals surface area contributed by atoms with E-state index in [0.29, 0.717) is 13.1 Å². The van der Waals surface area contributed by atoms with Crippen LogP contribution in [0.25, 0.3) is 0 Å². The Morgan fingerprint density at radius 3 is 2.47 bits per heavy atom. The third kappa shape index (κ3) is 2.97. The molecule has 1 amide bonds. The van der Waals surface area contributed by atoms with E-state index >= 15 is 0 Å². The van der Waals surface area contributed by atoms with Gasteiger partial charge in [-0.05, 0) is 0 Å². The van der Waals surface area contributed by atoms with Crippen LogP contribution in [-0.4, -0.2) is 54.5 Å². The van der Waals surface area contributed by atoms with Crippen LogP contribution >= 0.6 is 0 Å². The van der Waals surface area contributed by atoms with Gasteiger partial charge in [-0.15, -0.1) is 0 Å². The summed E-state index contributed by atoms with van der Waals surface area (Å²) < 4.78 is 9.93. The first-order chi connectivity index (χ1) is 8.05. The van der Waals surface area contributed by atoms with Crippen LogP contribution in [0.3, 0.4) is 0 Å². The summed E-state index contributed by atoms with van der Waals surface area (Å²) in [6.45, 7) is 4.23. The Hall–Kier alpha value is -1.56. The molecule has 0 saturated carbocycles. The first-order valence-corrected chi connectivity index (χ1v) is 5.37. The molecule has 0 aromatic rings. The van der Waals surface area contributed by atoms with Crippen molar-refractivity contribution in [2.75, 3.05) is 26.8 Å². The summed E-state index contributed by atoms with van der Waals surface area (Å²) in [5.41, 5.74) is -1.17. The van der Waals surface area contributed by atoms with E-state index in [9.17, 15) is 9.59 Å². The molecule has 1 fully saturated rings. The summed E-state index contributed by atoms with van der Waals surface area (Å²) in [6.07, 6.45) is 1.57. The lowest BCUT2D eigenvalue weighted by atomic mass is 9.91. The molecule has 1 aliphatic rings. The fourth-order valence-electron chi connectivity index (χ4n) is 1.78. The minimum atomic E-state index is -1.17. The van der Waals surface area contributed by atoms with Gasteiger partial charge in [0, 0.05) is 33.0 Å². The van der Waals surface area contributed by atoms with Crippen molar-refractivity contribution in [3.05, 3.63) is 12.7 Å². The zero-order chi connectivity index (χ0) is 12.9. The number of hydrogen-bond acceptors (Lipinski definition) is 4. The van der Waals surface area contributed by atoms with Crippen molar-refractivity contribution >= 4 is 12.1 Å². The molecule has 6 nitrogen and oxygen atoms in total. The number of likely N-dealkylation sites (tertiary alicyclic amines) is 1. The lowest BCUT2D eigenvalue weighted by molar-refractivity contribution is -0.167. The standard InChI is InChI=1S/C11H17NO5/c1-3-8-17-10(15)12-6-4-11(16-2,5-7-12)9(13)14/h3H,1,4-8H2,2H3,(H,13,14). The van der Waals surface area contributed by atoms with Crippen molar-refractivity contribution in [3.63, 3.8) is 0 Å². The molecule has 0 atom stereocenters. The predicted molar refractivity (Wildman–Crippen MR) is 59.7 cm³/mol. The van der Waals surface area contributed by atoms with E-state index in [1.807, 2.05) is 0 Å². The van der Waals surface area contributed by atoms with E-state index in [1.165, 1.54) is 18.1 Å². The topological polar surface area (TPSA) is 76.1 Å². The van der Waals surface area contributed by atoms with Crippen LogP contribution in [0.15, 0.2) is 12.7 Å². The number of piperidine rings is 1. The van der Waals surface area contributed by atoms with Crippen LogP contribution < -0.4 is 0 Å². The highest BCUT2D eigenvalue weighted by Gasteiger charge is 2.42. The molecule has 0 spiro atoms. The Labute approximate surface area is 99.8 Å². The second-order valence-electron chi connectivity index (χ2n) is 3.86. The second kappa shape index (κ2) is 5.67. The van der Waals surface area contributed by atoms with Gasteiger partial charge in [0.25, 0.3) is 0 Å². The van der Waals surface area contributed by atoms with Crippen molar-refractivity contribution in [2.24, 2.45) is 0 Å². The first kappa shape index (κ1) is 13.5. The highest BCUT2D eigenvalue weighted by Crippen LogP contribution is 2.26. The molecule has 1 aliphatic heterocycles. The number of carboxylic acids is 1. The van der Waals surface area contributed by atoms with Gasteiger partial charge < -0.3 is 19.5 Å². The van der Waals surface area contributed by atoms with Crippen molar-refractivity contribution in [3.8, 4) is 0 Å². The zero-order valence-electron chi connectivity index (χ0n) is 9.85. The number of nitrogens with zero attached hydrogens (tertiary/aromatic N) is 1. The van der Waals surface area contributed by atoms with E-state index in [0.717, 1.165) is 0 Å². The van der Waals surface area contributed by atoms with Crippen LogP contribution in [0.4, 0.5) is 4.79 Å². The van der Waals surface area contributed by atoms with Crippen molar-refractivity contribution in [2.45, 2.75) is 18.4 Å². The summed E-state index contributed by atoms with van der Waals surface area (Å²) >= 11 is 0. The number of rotatable bonds is 4. The predicted octanol–water partition coefficient (Wildman–Crippen LogP) is 0.875. The summed E-state index contributed by atoms with van der Waals surface area (Å²) in [5, 5.41) is 9.08. The summed E-state index contributed by atoms with van der Waals surface area (Å²) in [5.74, 6) is -0.987. The Bertz CT molecular complexity index is 307. The van der Waals surface area contributed by atoms with Gasteiger partial charge >= 0.3 is 12.1 Å². The number of carbonyl (C=O) groups excluding carboxylic acids is 1. The molecule has 0 radical (unpaired) electrons. The van der Waals surface area contributed by atoms with Gasteiger partial charge in [-0.25, -0.2) is 9.59 Å². The van der Waals surface area contributed by atoms with Crippen molar-refractivity contribution in [1.82, 2.24) is 4.90 Å². The maximum Gasteiger partial charge on any atom is 0.410 e. The molecule has 0 aromatic carbocycles. The number of carbonyl (C=O) groups is 2. The Balaban J connectivity index is 2.52. The molecule has 96 valence electrons. The normalized spacial score (nSPS) is 18.5. The minimum Gasteiger partial charge on any atom is -0.479 e. The monoisotopic (exact) mass is 243 g/mol. The quantitative estimate of drug-likeness (QED) is 0.741. The summed E-state index contributed by atoms with van der Waals surface area (Å²) in [4.78, 5) is 24.1. The molecule has 0 unspecified atom stereocenters. The number of ether oxygens (including phenoxy) is 2. The van der Waals surface area contributed by atoms with Gasteiger partial charge in [0.05, 0.1) is 0 Å². The Kier molecular flexibility index (Phi) is 4.51. The fraction of sp³-hybridized carbons (Fsp3) is 0.636. The molecule has 1 rings (SSSR count). The number of amides is 1.